The summed E-state index contributed by atoms with van der Waals surface area (Å²) >= 11 is 0. The van der Waals surface area contributed by atoms with Gasteiger partial charge in [0.25, 0.3) is 0 Å². The molecule has 110 valence electrons. The van der Waals surface area contributed by atoms with Crippen molar-refractivity contribution in [3.8, 4) is 0 Å². The van der Waals surface area contributed by atoms with Crippen molar-refractivity contribution in [1.82, 2.24) is 0 Å². The molecule has 0 aliphatic rings. The molecule has 21 heavy (non-hydrogen) atoms. The molecule has 0 aromatic heterocycles. The molecule has 0 spiro atoms. The Bertz CT molecular complexity index is 638. The van der Waals surface area contributed by atoms with Crippen molar-refractivity contribution < 1.29 is 9.53 Å². The van der Waals surface area contributed by atoms with Gasteiger partial charge in [0.1, 0.15) is 0 Å². The first-order valence-corrected chi connectivity index (χ1v) is 6.96. The standard InChI is InChI=1S/C17H20N2O2/c1-3-21-17(20)15-10-14(7-8-16(15)18)19-11-13-6-4-5-12(2)9-13/h4-10,19H,3,11,18H2,1-2H3. The molecular weight excluding hydrogens is 264 g/mol. The Morgan fingerprint density at radius 2 is 2.05 bits per heavy atom. The van der Waals surface area contributed by atoms with Gasteiger partial charge in [-0.1, -0.05) is 29.8 Å². The number of carbonyl (C=O) groups excluding carboxylic acids is 1. The maximum Gasteiger partial charge on any atom is 0.340 e. The summed E-state index contributed by atoms with van der Waals surface area (Å²) in [5.41, 5.74) is 9.89. The van der Waals surface area contributed by atoms with Crippen molar-refractivity contribution in [3.05, 3.63) is 59.2 Å². The molecule has 0 saturated carbocycles. The topological polar surface area (TPSA) is 64.3 Å². The Morgan fingerprint density at radius 3 is 2.76 bits per heavy atom. The molecule has 0 fully saturated rings. The van der Waals surface area contributed by atoms with Crippen LogP contribution in [0.15, 0.2) is 42.5 Å². The largest absolute Gasteiger partial charge is 0.462 e. The van der Waals surface area contributed by atoms with Crippen LogP contribution in [0.2, 0.25) is 0 Å². The van der Waals surface area contributed by atoms with Crippen LogP contribution in [0.5, 0.6) is 0 Å². The van der Waals surface area contributed by atoms with E-state index in [-0.39, 0.29) is 0 Å². The first-order valence-electron chi connectivity index (χ1n) is 6.96. The summed E-state index contributed by atoms with van der Waals surface area (Å²) in [5.74, 6) is -0.394. The molecule has 3 N–H and O–H groups in total. The lowest BCUT2D eigenvalue weighted by molar-refractivity contribution is 0.0527. The van der Waals surface area contributed by atoms with Crippen molar-refractivity contribution in [1.29, 1.82) is 0 Å². The molecule has 0 amide bonds. The minimum Gasteiger partial charge on any atom is -0.462 e. The SMILES string of the molecule is CCOC(=O)c1cc(NCc2cccc(C)c2)ccc1N. The van der Waals surface area contributed by atoms with Gasteiger partial charge in [0.2, 0.25) is 0 Å². The number of nitrogens with two attached hydrogens (primary N) is 1. The van der Waals surface area contributed by atoms with E-state index in [1.54, 1.807) is 19.1 Å². The smallest absolute Gasteiger partial charge is 0.340 e. The number of aryl methyl sites for hydroxylation is 1. The minimum atomic E-state index is -0.394. The van der Waals surface area contributed by atoms with Crippen LogP contribution in [0.4, 0.5) is 11.4 Å². The van der Waals surface area contributed by atoms with Crippen molar-refractivity contribution in [2.75, 3.05) is 17.7 Å². The Morgan fingerprint density at radius 1 is 1.24 bits per heavy atom. The normalized spacial score (nSPS) is 10.2. The highest BCUT2D eigenvalue weighted by molar-refractivity contribution is 5.96. The highest BCUT2D eigenvalue weighted by Crippen LogP contribution is 2.19. The fourth-order valence-corrected chi connectivity index (χ4v) is 2.08. The van der Waals surface area contributed by atoms with Crippen LogP contribution in [0.3, 0.4) is 0 Å². The van der Waals surface area contributed by atoms with Gasteiger partial charge < -0.3 is 15.8 Å². The predicted molar refractivity (Wildman–Crippen MR) is 85.3 cm³/mol. The molecule has 2 aromatic carbocycles. The van der Waals surface area contributed by atoms with E-state index >= 15 is 0 Å². The number of hydrogen-bond acceptors (Lipinski definition) is 4. The Labute approximate surface area is 124 Å². The average molecular weight is 284 g/mol. The number of benzene rings is 2. The molecule has 0 aliphatic carbocycles. The summed E-state index contributed by atoms with van der Waals surface area (Å²) in [6.07, 6.45) is 0. The fraction of sp³-hybridized carbons (Fsp3) is 0.235. The number of esters is 1. The van der Waals surface area contributed by atoms with Gasteiger partial charge in [0.15, 0.2) is 0 Å². The number of rotatable bonds is 5. The zero-order valence-corrected chi connectivity index (χ0v) is 12.3. The molecule has 0 bridgehead atoms. The molecule has 0 atom stereocenters. The number of nitrogen functional groups attached to an aromatic ring is 1. The van der Waals surface area contributed by atoms with E-state index in [9.17, 15) is 4.79 Å². The van der Waals surface area contributed by atoms with Crippen molar-refractivity contribution in [2.45, 2.75) is 20.4 Å². The first-order chi connectivity index (χ1) is 10.1. The van der Waals surface area contributed by atoms with E-state index in [0.29, 0.717) is 24.4 Å². The Balaban J connectivity index is 2.10. The van der Waals surface area contributed by atoms with Crippen LogP contribution < -0.4 is 11.1 Å². The molecule has 2 aromatic rings. The van der Waals surface area contributed by atoms with Gasteiger partial charge in [0, 0.05) is 17.9 Å². The molecule has 0 radical (unpaired) electrons. The highest BCUT2D eigenvalue weighted by Gasteiger charge is 2.11. The van der Waals surface area contributed by atoms with Crippen LogP contribution in [0.1, 0.15) is 28.4 Å². The second-order valence-corrected chi connectivity index (χ2v) is 4.87. The van der Waals surface area contributed by atoms with Crippen LogP contribution in [-0.4, -0.2) is 12.6 Å². The quantitative estimate of drug-likeness (QED) is 0.652. The lowest BCUT2D eigenvalue weighted by Gasteiger charge is -2.10. The van der Waals surface area contributed by atoms with E-state index in [4.69, 9.17) is 10.5 Å². The maximum atomic E-state index is 11.8. The molecule has 2 rings (SSSR count). The maximum absolute atomic E-state index is 11.8. The van der Waals surface area contributed by atoms with Crippen LogP contribution in [-0.2, 0) is 11.3 Å². The lowest BCUT2D eigenvalue weighted by atomic mass is 10.1. The second-order valence-electron chi connectivity index (χ2n) is 4.87. The van der Waals surface area contributed by atoms with Gasteiger partial charge in [-0.25, -0.2) is 4.79 Å². The second kappa shape index (κ2) is 6.79. The summed E-state index contributed by atoms with van der Waals surface area (Å²) in [6, 6.07) is 13.6. The molecule has 4 nitrogen and oxygen atoms in total. The summed E-state index contributed by atoms with van der Waals surface area (Å²) in [5, 5.41) is 3.29. The average Bonchev–Trinajstić information content (AvgIpc) is 2.46. The van der Waals surface area contributed by atoms with E-state index in [1.807, 2.05) is 12.1 Å². The minimum absolute atomic E-state index is 0.333. The van der Waals surface area contributed by atoms with Crippen LogP contribution in [0, 0.1) is 6.92 Å². The summed E-state index contributed by atoms with van der Waals surface area (Å²) in [4.78, 5) is 11.8. The summed E-state index contributed by atoms with van der Waals surface area (Å²) in [6.45, 7) is 4.85. The number of carbonyl (C=O) groups is 1. The zero-order valence-electron chi connectivity index (χ0n) is 12.3. The molecule has 4 heteroatoms. The van der Waals surface area contributed by atoms with Gasteiger partial charge >= 0.3 is 5.97 Å². The third kappa shape index (κ3) is 3.99. The van der Waals surface area contributed by atoms with Gasteiger partial charge in [-0.05, 0) is 37.6 Å². The first kappa shape index (κ1) is 14.9. The Kier molecular flexibility index (Phi) is 4.82. The third-order valence-electron chi connectivity index (χ3n) is 3.13. The van der Waals surface area contributed by atoms with E-state index in [1.165, 1.54) is 11.1 Å². The van der Waals surface area contributed by atoms with Gasteiger partial charge in [-0.15, -0.1) is 0 Å². The van der Waals surface area contributed by atoms with Gasteiger partial charge in [-0.3, -0.25) is 0 Å². The van der Waals surface area contributed by atoms with Gasteiger partial charge in [-0.2, -0.15) is 0 Å². The van der Waals surface area contributed by atoms with E-state index in [0.717, 1.165) is 5.69 Å². The molecule has 0 heterocycles. The van der Waals surface area contributed by atoms with Crippen molar-refractivity contribution in [3.63, 3.8) is 0 Å². The number of nitrogens with one attached hydrogen (secondary N) is 1. The Hall–Kier alpha value is -2.49. The molecular formula is C17H20N2O2. The number of ether oxygens (including phenoxy) is 1. The van der Waals surface area contributed by atoms with Crippen LogP contribution in [0.25, 0.3) is 0 Å². The predicted octanol–water partition coefficient (Wildman–Crippen LogP) is 3.37. The zero-order chi connectivity index (χ0) is 15.2. The van der Waals surface area contributed by atoms with Crippen molar-refractivity contribution in [2.24, 2.45) is 0 Å². The summed E-state index contributed by atoms with van der Waals surface area (Å²) in [7, 11) is 0. The third-order valence-corrected chi connectivity index (χ3v) is 3.13. The fourth-order valence-electron chi connectivity index (χ4n) is 2.08. The van der Waals surface area contributed by atoms with Gasteiger partial charge in [0.05, 0.1) is 12.2 Å². The molecule has 0 aliphatic heterocycles. The highest BCUT2D eigenvalue weighted by atomic mass is 16.5. The van der Waals surface area contributed by atoms with E-state index in [2.05, 4.69) is 30.4 Å². The van der Waals surface area contributed by atoms with Crippen molar-refractivity contribution >= 4 is 17.3 Å². The van der Waals surface area contributed by atoms with Crippen LogP contribution >= 0.6 is 0 Å². The number of hydrogen-bond donors (Lipinski definition) is 2. The molecule has 0 unspecified atom stereocenters. The summed E-state index contributed by atoms with van der Waals surface area (Å²) < 4.78 is 5.00. The molecule has 0 saturated heterocycles. The van der Waals surface area contributed by atoms with E-state index < -0.39 is 5.97 Å². The monoisotopic (exact) mass is 284 g/mol. The number of anilines is 2. The lowest BCUT2D eigenvalue weighted by Crippen LogP contribution is -2.09.